The van der Waals surface area contributed by atoms with Crippen LogP contribution in [-0.4, -0.2) is 32.4 Å². The highest BCUT2D eigenvalue weighted by Crippen LogP contribution is 2.28. The van der Waals surface area contributed by atoms with Crippen LogP contribution in [0.15, 0.2) is 24.3 Å². The molecule has 0 saturated heterocycles. The first-order valence-corrected chi connectivity index (χ1v) is 5.84. The summed E-state index contributed by atoms with van der Waals surface area (Å²) in [5.74, 6) is -1.28. The Balaban J connectivity index is 2.02. The topological polar surface area (TPSA) is 80.0 Å². The summed E-state index contributed by atoms with van der Waals surface area (Å²) in [4.78, 5) is 14.8. The van der Waals surface area contributed by atoms with Gasteiger partial charge in [-0.15, -0.1) is 5.10 Å². The highest BCUT2D eigenvalue weighted by atomic mass is 19.1. The third kappa shape index (κ3) is 2.03. The minimum Gasteiger partial charge on any atom is -0.475 e. The first-order valence-electron chi connectivity index (χ1n) is 5.84. The predicted molar refractivity (Wildman–Crippen MR) is 64.6 cm³/mol. The molecule has 98 valence electrons. The van der Waals surface area contributed by atoms with Gasteiger partial charge in [0.2, 0.25) is 5.95 Å². The second-order valence-electron chi connectivity index (χ2n) is 4.29. The Bertz CT molecular complexity index is 623. The van der Waals surface area contributed by atoms with Crippen molar-refractivity contribution in [3.63, 3.8) is 0 Å². The number of carboxylic acids is 1. The lowest BCUT2D eigenvalue weighted by molar-refractivity contribution is 0.0683. The van der Waals surface area contributed by atoms with E-state index in [1.54, 1.807) is 16.8 Å². The summed E-state index contributed by atoms with van der Waals surface area (Å²) < 4.78 is 14.5. The molecule has 0 spiro atoms. The zero-order chi connectivity index (χ0) is 13.4. The van der Waals surface area contributed by atoms with Crippen molar-refractivity contribution in [2.24, 2.45) is 0 Å². The van der Waals surface area contributed by atoms with E-state index in [1.807, 2.05) is 0 Å². The van der Waals surface area contributed by atoms with Crippen molar-refractivity contribution in [2.75, 3.05) is 11.9 Å². The van der Waals surface area contributed by atoms with E-state index in [9.17, 15) is 9.18 Å². The van der Waals surface area contributed by atoms with E-state index in [2.05, 4.69) is 15.4 Å². The Morgan fingerprint density at radius 1 is 1.42 bits per heavy atom. The Labute approximate surface area is 107 Å². The van der Waals surface area contributed by atoms with Gasteiger partial charge >= 0.3 is 5.97 Å². The van der Waals surface area contributed by atoms with E-state index in [4.69, 9.17) is 5.11 Å². The molecule has 0 saturated carbocycles. The number of carboxylic acid groups (broad SMARTS) is 1. The van der Waals surface area contributed by atoms with Gasteiger partial charge in [0.05, 0.1) is 6.04 Å². The minimum absolute atomic E-state index is 0.127. The summed E-state index contributed by atoms with van der Waals surface area (Å²) in [6.07, 6.45) is 0.737. The van der Waals surface area contributed by atoms with Crippen LogP contribution in [0.4, 0.5) is 10.3 Å². The van der Waals surface area contributed by atoms with Crippen LogP contribution in [0.5, 0.6) is 0 Å². The summed E-state index contributed by atoms with van der Waals surface area (Å²) in [7, 11) is 0. The molecule has 2 aromatic rings. The number of benzene rings is 1. The van der Waals surface area contributed by atoms with Crippen molar-refractivity contribution in [1.29, 1.82) is 0 Å². The molecule has 7 heteroatoms. The van der Waals surface area contributed by atoms with Gasteiger partial charge in [-0.2, -0.15) is 4.98 Å². The summed E-state index contributed by atoms with van der Waals surface area (Å²) in [5, 5.41) is 15.9. The van der Waals surface area contributed by atoms with E-state index in [-0.39, 0.29) is 17.7 Å². The normalized spacial score (nSPS) is 17.6. The molecule has 1 aliphatic rings. The number of nitrogens with one attached hydrogen (secondary N) is 1. The molecule has 1 aromatic heterocycles. The number of fused-ring (bicyclic) bond motifs is 1. The van der Waals surface area contributed by atoms with Crippen molar-refractivity contribution >= 4 is 11.9 Å². The molecule has 1 aliphatic heterocycles. The maximum atomic E-state index is 12.9. The maximum absolute atomic E-state index is 12.9. The highest BCUT2D eigenvalue weighted by molar-refractivity contribution is 5.83. The Hall–Kier alpha value is -2.44. The molecule has 1 aromatic carbocycles. The molecule has 0 fully saturated rings. The number of rotatable bonds is 2. The van der Waals surface area contributed by atoms with E-state index in [1.165, 1.54) is 12.1 Å². The molecule has 0 bridgehead atoms. The SMILES string of the molecule is O=C(O)c1nc2n(n1)C(c1ccc(F)cc1)CCN2. The second kappa shape index (κ2) is 4.34. The molecular formula is C12H11FN4O2. The average Bonchev–Trinajstić information content (AvgIpc) is 2.83. The van der Waals surface area contributed by atoms with Crippen LogP contribution >= 0.6 is 0 Å². The summed E-state index contributed by atoms with van der Waals surface area (Å²) in [5.41, 5.74) is 0.881. The fourth-order valence-corrected chi connectivity index (χ4v) is 2.19. The van der Waals surface area contributed by atoms with Crippen molar-refractivity contribution in [1.82, 2.24) is 14.8 Å². The van der Waals surface area contributed by atoms with E-state index >= 15 is 0 Å². The third-order valence-electron chi connectivity index (χ3n) is 3.07. The lowest BCUT2D eigenvalue weighted by Gasteiger charge is -2.24. The molecule has 1 atom stereocenters. The lowest BCUT2D eigenvalue weighted by Crippen LogP contribution is -2.24. The van der Waals surface area contributed by atoms with Crippen LogP contribution in [-0.2, 0) is 0 Å². The molecule has 3 rings (SSSR count). The molecule has 2 heterocycles. The van der Waals surface area contributed by atoms with Gasteiger partial charge < -0.3 is 10.4 Å². The average molecular weight is 262 g/mol. The van der Waals surface area contributed by atoms with Crippen molar-refractivity contribution in [3.05, 3.63) is 41.5 Å². The number of hydrogen-bond acceptors (Lipinski definition) is 4. The third-order valence-corrected chi connectivity index (χ3v) is 3.07. The fraction of sp³-hybridized carbons (Fsp3) is 0.250. The van der Waals surface area contributed by atoms with Crippen molar-refractivity contribution < 1.29 is 14.3 Å². The maximum Gasteiger partial charge on any atom is 0.375 e. The van der Waals surface area contributed by atoms with Gasteiger partial charge in [-0.05, 0) is 24.1 Å². The first kappa shape index (κ1) is 11.6. The lowest BCUT2D eigenvalue weighted by atomic mass is 10.0. The van der Waals surface area contributed by atoms with Crippen LogP contribution in [0.3, 0.4) is 0 Å². The van der Waals surface area contributed by atoms with Gasteiger partial charge in [0.1, 0.15) is 5.82 Å². The van der Waals surface area contributed by atoms with Crippen LogP contribution < -0.4 is 5.32 Å². The summed E-state index contributed by atoms with van der Waals surface area (Å²) in [6.45, 7) is 0.666. The minimum atomic E-state index is -1.17. The smallest absolute Gasteiger partial charge is 0.375 e. The van der Waals surface area contributed by atoms with Gasteiger partial charge in [-0.3, -0.25) is 0 Å². The number of nitrogens with zero attached hydrogens (tertiary/aromatic N) is 3. The molecule has 1 unspecified atom stereocenters. The number of hydrogen-bond donors (Lipinski definition) is 2. The van der Waals surface area contributed by atoms with Crippen LogP contribution in [0.25, 0.3) is 0 Å². The summed E-state index contributed by atoms with van der Waals surface area (Å²) in [6, 6.07) is 5.99. The molecule has 0 aliphatic carbocycles. The number of anilines is 1. The van der Waals surface area contributed by atoms with Gasteiger partial charge in [0.15, 0.2) is 0 Å². The number of aromatic carboxylic acids is 1. The van der Waals surface area contributed by atoms with Crippen molar-refractivity contribution in [2.45, 2.75) is 12.5 Å². The van der Waals surface area contributed by atoms with Gasteiger partial charge in [-0.25, -0.2) is 13.9 Å². The van der Waals surface area contributed by atoms with Crippen LogP contribution in [0, 0.1) is 5.82 Å². The first-order chi connectivity index (χ1) is 9.15. The number of halogens is 1. The Kier molecular flexibility index (Phi) is 2.66. The summed E-state index contributed by atoms with van der Waals surface area (Å²) >= 11 is 0. The van der Waals surface area contributed by atoms with Gasteiger partial charge in [-0.1, -0.05) is 12.1 Å². The molecular weight excluding hydrogens is 251 g/mol. The molecule has 0 radical (unpaired) electrons. The predicted octanol–water partition coefficient (Wildman–Crippen LogP) is 1.52. The number of aromatic nitrogens is 3. The Morgan fingerprint density at radius 2 is 2.16 bits per heavy atom. The Morgan fingerprint density at radius 3 is 2.84 bits per heavy atom. The van der Waals surface area contributed by atoms with E-state index < -0.39 is 5.97 Å². The molecule has 0 amide bonds. The van der Waals surface area contributed by atoms with Crippen molar-refractivity contribution in [3.8, 4) is 0 Å². The molecule has 6 nitrogen and oxygen atoms in total. The molecule has 19 heavy (non-hydrogen) atoms. The second-order valence-corrected chi connectivity index (χ2v) is 4.29. The highest BCUT2D eigenvalue weighted by Gasteiger charge is 2.26. The largest absolute Gasteiger partial charge is 0.475 e. The van der Waals surface area contributed by atoms with E-state index in [0.717, 1.165) is 12.0 Å². The zero-order valence-corrected chi connectivity index (χ0v) is 9.88. The zero-order valence-electron chi connectivity index (χ0n) is 9.88. The number of carbonyl (C=O) groups is 1. The fourth-order valence-electron chi connectivity index (χ4n) is 2.19. The monoisotopic (exact) mass is 262 g/mol. The van der Waals surface area contributed by atoms with Gasteiger partial charge in [0.25, 0.3) is 5.82 Å². The standard InChI is InChI=1S/C12H11FN4O2/c13-8-3-1-7(2-4-8)9-5-6-14-12-15-10(11(18)19)16-17(9)12/h1-4,9H,5-6H2,(H,18,19)(H,14,15,16). The van der Waals surface area contributed by atoms with Gasteiger partial charge in [0, 0.05) is 6.54 Å². The van der Waals surface area contributed by atoms with Crippen LogP contribution in [0.1, 0.15) is 28.6 Å². The van der Waals surface area contributed by atoms with E-state index in [0.29, 0.717) is 12.5 Å². The molecule has 2 N–H and O–H groups in total. The quantitative estimate of drug-likeness (QED) is 0.857. The van der Waals surface area contributed by atoms with Crippen LogP contribution in [0.2, 0.25) is 0 Å².